The minimum atomic E-state index is -0.149. The van der Waals surface area contributed by atoms with Crippen LogP contribution in [0, 0.1) is 6.92 Å². The van der Waals surface area contributed by atoms with Gasteiger partial charge in [0.2, 0.25) is 5.88 Å². The van der Waals surface area contributed by atoms with Crippen molar-refractivity contribution in [2.75, 3.05) is 6.61 Å². The number of ether oxygens (including phenoxy) is 2. The first-order valence-corrected chi connectivity index (χ1v) is 6.52. The summed E-state index contributed by atoms with van der Waals surface area (Å²) in [4.78, 5) is 8.55. The molecule has 0 fully saturated rings. The predicted molar refractivity (Wildman–Crippen MR) is 74.6 cm³/mol. The Hall–Kier alpha value is -2.14. The smallest absolute Gasteiger partial charge is 0.213 e. The Morgan fingerprint density at radius 3 is 2.70 bits per heavy atom. The van der Waals surface area contributed by atoms with Gasteiger partial charge in [0.05, 0.1) is 18.9 Å². The monoisotopic (exact) mass is 274 g/mol. The lowest BCUT2D eigenvalue weighted by Gasteiger charge is -2.10. The Balaban J connectivity index is 2.06. The van der Waals surface area contributed by atoms with Gasteiger partial charge >= 0.3 is 0 Å². The van der Waals surface area contributed by atoms with Crippen molar-refractivity contribution in [3.63, 3.8) is 0 Å². The minimum absolute atomic E-state index is 0.149. The van der Waals surface area contributed by atoms with E-state index in [0.29, 0.717) is 30.5 Å². The second-order valence-electron chi connectivity index (χ2n) is 4.24. The van der Waals surface area contributed by atoms with E-state index in [-0.39, 0.29) is 6.61 Å². The van der Waals surface area contributed by atoms with Gasteiger partial charge in [-0.2, -0.15) is 0 Å². The van der Waals surface area contributed by atoms with Crippen molar-refractivity contribution in [1.29, 1.82) is 0 Å². The molecule has 5 heteroatoms. The van der Waals surface area contributed by atoms with E-state index in [9.17, 15) is 5.11 Å². The molecule has 2 heterocycles. The number of nitrogens with zero attached hydrogens (tertiary/aromatic N) is 2. The number of aliphatic hydroxyl groups is 1. The maximum atomic E-state index is 9.28. The highest BCUT2D eigenvalue weighted by atomic mass is 16.5. The summed E-state index contributed by atoms with van der Waals surface area (Å²) in [5, 5.41) is 9.28. The van der Waals surface area contributed by atoms with Crippen LogP contribution in [0.4, 0.5) is 0 Å². The number of pyridine rings is 2. The molecule has 0 unspecified atom stereocenters. The average Bonchev–Trinajstić information content (AvgIpc) is 2.46. The molecule has 20 heavy (non-hydrogen) atoms. The third-order valence-electron chi connectivity index (χ3n) is 2.67. The third kappa shape index (κ3) is 3.68. The molecular formula is C15H18N2O3. The third-order valence-corrected chi connectivity index (χ3v) is 2.67. The van der Waals surface area contributed by atoms with Crippen LogP contribution in [-0.4, -0.2) is 21.7 Å². The zero-order chi connectivity index (χ0) is 14.4. The highest BCUT2D eigenvalue weighted by molar-refractivity contribution is 5.29. The molecule has 1 N–H and O–H groups in total. The largest absolute Gasteiger partial charge is 0.485 e. The van der Waals surface area contributed by atoms with Gasteiger partial charge < -0.3 is 14.6 Å². The standard InChI is InChI=1S/C15H18N2O3/c1-3-19-15-6-4-5-12(17-15)10-20-14-8-7-11(2)16-13(14)9-18/h4-8,18H,3,9-10H2,1-2H3. The molecule has 2 aromatic rings. The highest BCUT2D eigenvalue weighted by Gasteiger charge is 2.06. The van der Waals surface area contributed by atoms with Gasteiger partial charge in [-0.15, -0.1) is 0 Å². The van der Waals surface area contributed by atoms with Crippen molar-refractivity contribution in [2.24, 2.45) is 0 Å². The van der Waals surface area contributed by atoms with Crippen LogP contribution in [0.3, 0.4) is 0 Å². The van der Waals surface area contributed by atoms with E-state index in [1.807, 2.05) is 32.0 Å². The summed E-state index contributed by atoms with van der Waals surface area (Å²) in [5.74, 6) is 1.15. The van der Waals surface area contributed by atoms with Crippen LogP contribution in [-0.2, 0) is 13.2 Å². The topological polar surface area (TPSA) is 64.5 Å². The Morgan fingerprint density at radius 2 is 1.95 bits per heavy atom. The summed E-state index contributed by atoms with van der Waals surface area (Å²) < 4.78 is 11.0. The molecule has 0 amide bonds. The first-order chi connectivity index (χ1) is 9.72. The number of hydrogen-bond acceptors (Lipinski definition) is 5. The second kappa shape index (κ2) is 6.86. The van der Waals surface area contributed by atoms with Crippen molar-refractivity contribution < 1.29 is 14.6 Å². The second-order valence-corrected chi connectivity index (χ2v) is 4.24. The number of aliphatic hydroxyl groups excluding tert-OH is 1. The van der Waals surface area contributed by atoms with E-state index in [1.54, 1.807) is 12.1 Å². The van der Waals surface area contributed by atoms with Crippen molar-refractivity contribution in [1.82, 2.24) is 9.97 Å². The maximum absolute atomic E-state index is 9.28. The fourth-order valence-corrected chi connectivity index (χ4v) is 1.76. The minimum Gasteiger partial charge on any atom is -0.485 e. The number of aromatic nitrogens is 2. The average molecular weight is 274 g/mol. The predicted octanol–water partition coefficient (Wildman–Crippen LogP) is 2.26. The van der Waals surface area contributed by atoms with Gasteiger partial charge in [-0.05, 0) is 32.0 Å². The molecule has 0 bridgehead atoms. The van der Waals surface area contributed by atoms with Crippen molar-refractivity contribution in [2.45, 2.75) is 27.1 Å². The summed E-state index contributed by atoms with van der Waals surface area (Å²) in [6.07, 6.45) is 0. The van der Waals surface area contributed by atoms with Crippen LogP contribution in [0.25, 0.3) is 0 Å². The molecule has 5 nitrogen and oxygen atoms in total. The van der Waals surface area contributed by atoms with Gasteiger partial charge in [0.25, 0.3) is 0 Å². The normalized spacial score (nSPS) is 10.3. The summed E-state index contributed by atoms with van der Waals surface area (Å²) in [5.41, 5.74) is 2.14. The van der Waals surface area contributed by atoms with Gasteiger partial charge in [0.15, 0.2) is 0 Å². The Kier molecular flexibility index (Phi) is 4.90. The number of hydrogen-bond donors (Lipinski definition) is 1. The number of rotatable bonds is 6. The summed E-state index contributed by atoms with van der Waals surface area (Å²) in [7, 11) is 0. The lowest BCUT2D eigenvalue weighted by Crippen LogP contribution is -2.04. The van der Waals surface area contributed by atoms with E-state index >= 15 is 0 Å². The van der Waals surface area contributed by atoms with Crippen molar-refractivity contribution in [3.8, 4) is 11.6 Å². The molecule has 106 valence electrons. The Labute approximate surface area is 118 Å². The van der Waals surface area contributed by atoms with Crippen LogP contribution in [0.1, 0.15) is 24.0 Å². The zero-order valence-electron chi connectivity index (χ0n) is 11.7. The number of aryl methyl sites for hydroxylation is 1. The van der Waals surface area contributed by atoms with Crippen LogP contribution in [0.2, 0.25) is 0 Å². The van der Waals surface area contributed by atoms with Crippen LogP contribution in [0.5, 0.6) is 11.6 Å². The molecule has 0 spiro atoms. The van der Waals surface area contributed by atoms with E-state index in [2.05, 4.69) is 9.97 Å². The quantitative estimate of drug-likeness (QED) is 0.875. The lowest BCUT2D eigenvalue weighted by molar-refractivity contribution is 0.250. The Bertz CT molecular complexity index is 573. The molecular weight excluding hydrogens is 256 g/mol. The zero-order valence-corrected chi connectivity index (χ0v) is 11.7. The first-order valence-electron chi connectivity index (χ1n) is 6.52. The molecule has 0 aliphatic heterocycles. The fourth-order valence-electron chi connectivity index (χ4n) is 1.76. The molecule has 0 aliphatic carbocycles. The van der Waals surface area contributed by atoms with E-state index < -0.39 is 0 Å². The van der Waals surface area contributed by atoms with Crippen molar-refractivity contribution in [3.05, 3.63) is 47.4 Å². The van der Waals surface area contributed by atoms with Crippen LogP contribution < -0.4 is 9.47 Å². The van der Waals surface area contributed by atoms with E-state index in [4.69, 9.17) is 9.47 Å². The summed E-state index contributed by atoms with van der Waals surface area (Å²) >= 11 is 0. The van der Waals surface area contributed by atoms with E-state index in [0.717, 1.165) is 11.4 Å². The van der Waals surface area contributed by atoms with Gasteiger partial charge in [0, 0.05) is 11.8 Å². The summed E-state index contributed by atoms with van der Waals surface area (Å²) in [6, 6.07) is 9.19. The maximum Gasteiger partial charge on any atom is 0.213 e. The van der Waals surface area contributed by atoms with Gasteiger partial charge in [-0.1, -0.05) is 6.07 Å². The molecule has 0 saturated carbocycles. The Morgan fingerprint density at radius 1 is 1.10 bits per heavy atom. The molecule has 0 saturated heterocycles. The van der Waals surface area contributed by atoms with Crippen LogP contribution >= 0.6 is 0 Å². The van der Waals surface area contributed by atoms with Gasteiger partial charge in [-0.3, -0.25) is 4.98 Å². The molecule has 0 aromatic carbocycles. The molecule has 0 atom stereocenters. The highest BCUT2D eigenvalue weighted by Crippen LogP contribution is 2.18. The van der Waals surface area contributed by atoms with Crippen LogP contribution in [0.15, 0.2) is 30.3 Å². The van der Waals surface area contributed by atoms with Gasteiger partial charge in [-0.25, -0.2) is 4.98 Å². The van der Waals surface area contributed by atoms with Crippen molar-refractivity contribution >= 4 is 0 Å². The lowest BCUT2D eigenvalue weighted by atomic mass is 10.3. The fraction of sp³-hybridized carbons (Fsp3) is 0.333. The molecule has 0 radical (unpaired) electrons. The van der Waals surface area contributed by atoms with Gasteiger partial charge in [0.1, 0.15) is 18.1 Å². The molecule has 2 aromatic heterocycles. The SMILES string of the molecule is CCOc1cccc(COc2ccc(C)nc2CO)n1. The molecule has 0 aliphatic rings. The summed E-state index contributed by atoms with van der Waals surface area (Å²) in [6.45, 7) is 4.52. The molecule has 2 rings (SSSR count). The van der Waals surface area contributed by atoms with E-state index in [1.165, 1.54) is 0 Å². The first kappa shape index (κ1) is 14.3.